The highest BCUT2D eigenvalue weighted by Crippen LogP contribution is 2.30. The lowest BCUT2D eigenvalue weighted by atomic mass is 9.95. The van der Waals surface area contributed by atoms with E-state index < -0.39 is 0 Å². The first-order valence-corrected chi connectivity index (χ1v) is 6.63. The average Bonchev–Trinajstić information content (AvgIpc) is 2.84. The van der Waals surface area contributed by atoms with Gasteiger partial charge in [0.2, 0.25) is 5.88 Å². The fraction of sp³-hybridized carbons (Fsp3) is 0.400. The molecule has 1 aliphatic rings. The number of fused-ring (bicyclic) bond motifs is 1. The molecule has 0 bridgehead atoms. The molecular weight excluding hydrogens is 240 g/mol. The lowest BCUT2D eigenvalue weighted by Gasteiger charge is -2.20. The van der Waals surface area contributed by atoms with Crippen LogP contribution in [0.5, 0.6) is 5.88 Å². The van der Waals surface area contributed by atoms with Crippen LogP contribution in [-0.2, 0) is 13.0 Å². The second-order valence-electron chi connectivity index (χ2n) is 4.96. The van der Waals surface area contributed by atoms with Crippen LogP contribution in [0.25, 0.3) is 0 Å². The molecule has 4 heteroatoms. The predicted octanol–water partition coefficient (Wildman–Crippen LogP) is 2.31. The quantitative estimate of drug-likeness (QED) is 0.919. The van der Waals surface area contributed by atoms with Crippen molar-refractivity contribution in [1.82, 2.24) is 9.55 Å². The third-order valence-electron chi connectivity index (χ3n) is 3.73. The van der Waals surface area contributed by atoms with E-state index >= 15 is 0 Å². The number of aliphatic hydroxyl groups excluding tert-OH is 1. The maximum atomic E-state index is 9.98. The first-order valence-electron chi connectivity index (χ1n) is 6.63. The van der Waals surface area contributed by atoms with E-state index in [1.165, 1.54) is 5.69 Å². The molecule has 0 spiro atoms. The molecule has 1 atom stereocenters. The van der Waals surface area contributed by atoms with Gasteiger partial charge < -0.3 is 14.4 Å². The van der Waals surface area contributed by atoms with Gasteiger partial charge >= 0.3 is 0 Å². The summed E-state index contributed by atoms with van der Waals surface area (Å²) in [5.41, 5.74) is 3.51. The van der Waals surface area contributed by atoms with E-state index in [1.54, 1.807) is 13.3 Å². The van der Waals surface area contributed by atoms with Crippen molar-refractivity contribution < 1.29 is 9.84 Å². The highest BCUT2D eigenvalue weighted by atomic mass is 16.5. The molecule has 4 nitrogen and oxygen atoms in total. The van der Waals surface area contributed by atoms with Crippen molar-refractivity contribution in [3.8, 4) is 5.88 Å². The minimum Gasteiger partial charge on any atom is -0.481 e. The van der Waals surface area contributed by atoms with Gasteiger partial charge in [0.1, 0.15) is 0 Å². The largest absolute Gasteiger partial charge is 0.481 e. The molecular formula is C15H18N2O2. The molecule has 0 aliphatic heterocycles. The Bertz CT molecular complexity index is 577. The van der Waals surface area contributed by atoms with Gasteiger partial charge in [0.15, 0.2) is 0 Å². The van der Waals surface area contributed by atoms with E-state index in [4.69, 9.17) is 4.74 Å². The normalized spacial score (nSPS) is 18.1. The molecule has 3 rings (SSSR count). The van der Waals surface area contributed by atoms with E-state index in [-0.39, 0.29) is 6.10 Å². The third kappa shape index (κ3) is 2.36. The Morgan fingerprint density at radius 2 is 2.37 bits per heavy atom. The van der Waals surface area contributed by atoms with E-state index in [0.29, 0.717) is 5.88 Å². The monoisotopic (exact) mass is 258 g/mol. The number of methoxy groups -OCH3 is 1. The molecule has 0 saturated heterocycles. The number of hydrogen-bond acceptors (Lipinski definition) is 3. The minimum atomic E-state index is -0.294. The van der Waals surface area contributed by atoms with E-state index in [2.05, 4.69) is 15.7 Å². The Labute approximate surface area is 112 Å². The topological polar surface area (TPSA) is 47.3 Å². The molecule has 2 aromatic rings. The van der Waals surface area contributed by atoms with Crippen LogP contribution in [0.1, 0.15) is 35.8 Å². The van der Waals surface area contributed by atoms with Crippen LogP contribution in [0.3, 0.4) is 0 Å². The zero-order valence-electron chi connectivity index (χ0n) is 11.0. The molecule has 0 radical (unpaired) electrons. The van der Waals surface area contributed by atoms with Gasteiger partial charge in [-0.2, -0.15) is 0 Å². The molecule has 1 unspecified atom stereocenters. The second kappa shape index (κ2) is 5.05. The van der Waals surface area contributed by atoms with Gasteiger partial charge in [-0.1, -0.05) is 0 Å². The van der Waals surface area contributed by atoms with Crippen LogP contribution in [0.2, 0.25) is 0 Å². The molecule has 0 amide bonds. The molecule has 100 valence electrons. The van der Waals surface area contributed by atoms with E-state index in [1.807, 2.05) is 18.2 Å². The Hall–Kier alpha value is -1.81. The van der Waals surface area contributed by atoms with Crippen molar-refractivity contribution in [2.24, 2.45) is 0 Å². The summed E-state index contributed by atoms with van der Waals surface area (Å²) in [7, 11) is 1.62. The van der Waals surface area contributed by atoms with Crippen LogP contribution < -0.4 is 4.74 Å². The summed E-state index contributed by atoms with van der Waals surface area (Å²) in [5.74, 6) is 0.638. The fourth-order valence-corrected chi connectivity index (χ4v) is 2.74. The first kappa shape index (κ1) is 12.2. The number of hydrogen-bond donors (Lipinski definition) is 1. The molecule has 2 heterocycles. The number of rotatable bonds is 3. The van der Waals surface area contributed by atoms with Gasteiger partial charge in [-0.3, -0.25) is 0 Å². The average molecular weight is 258 g/mol. The van der Waals surface area contributed by atoms with Gasteiger partial charge in [0.25, 0.3) is 0 Å². The molecule has 0 fully saturated rings. The summed E-state index contributed by atoms with van der Waals surface area (Å²) in [4.78, 5) is 4.12. The number of aliphatic hydroxyl groups is 1. The third-order valence-corrected chi connectivity index (χ3v) is 3.73. The highest BCUT2D eigenvalue weighted by Gasteiger charge is 2.21. The molecule has 1 aliphatic carbocycles. The van der Waals surface area contributed by atoms with E-state index in [0.717, 1.165) is 36.9 Å². The zero-order valence-corrected chi connectivity index (χ0v) is 11.0. The zero-order chi connectivity index (χ0) is 13.2. The summed E-state index contributed by atoms with van der Waals surface area (Å²) >= 11 is 0. The number of aromatic nitrogens is 2. The van der Waals surface area contributed by atoms with Crippen molar-refractivity contribution in [3.05, 3.63) is 47.4 Å². The Balaban J connectivity index is 1.87. The van der Waals surface area contributed by atoms with Crippen LogP contribution in [0, 0.1) is 0 Å². The Morgan fingerprint density at radius 3 is 3.21 bits per heavy atom. The van der Waals surface area contributed by atoms with Crippen LogP contribution in [0.15, 0.2) is 30.6 Å². The van der Waals surface area contributed by atoms with E-state index in [9.17, 15) is 5.11 Å². The van der Waals surface area contributed by atoms with Crippen molar-refractivity contribution in [3.63, 3.8) is 0 Å². The van der Waals surface area contributed by atoms with Crippen molar-refractivity contribution in [1.29, 1.82) is 0 Å². The Morgan fingerprint density at radius 1 is 1.47 bits per heavy atom. The summed E-state index contributed by atoms with van der Waals surface area (Å²) in [6, 6.07) is 5.98. The molecule has 19 heavy (non-hydrogen) atoms. The standard InChI is InChI=1S/C15H18N2O2/c1-19-15-9-11(5-7-16-15)10-17-8-6-12-13(17)3-2-4-14(12)18/h5-9,14,18H,2-4,10H2,1H3. The van der Waals surface area contributed by atoms with Crippen molar-refractivity contribution in [2.45, 2.75) is 31.9 Å². The van der Waals surface area contributed by atoms with Crippen molar-refractivity contribution >= 4 is 0 Å². The summed E-state index contributed by atoms with van der Waals surface area (Å²) < 4.78 is 7.36. The summed E-state index contributed by atoms with van der Waals surface area (Å²) in [5, 5.41) is 9.98. The van der Waals surface area contributed by atoms with Crippen molar-refractivity contribution in [2.75, 3.05) is 7.11 Å². The fourth-order valence-electron chi connectivity index (χ4n) is 2.74. The maximum Gasteiger partial charge on any atom is 0.213 e. The minimum absolute atomic E-state index is 0.294. The number of pyridine rings is 1. The van der Waals surface area contributed by atoms with Gasteiger partial charge in [-0.25, -0.2) is 4.98 Å². The molecule has 0 aromatic carbocycles. The number of ether oxygens (including phenoxy) is 1. The maximum absolute atomic E-state index is 9.98. The second-order valence-corrected chi connectivity index (χ2v) is 4.96. The van der Waals surface area contributed by atoms with Crippen LogP contribution in [-0.4, -0.2) is 21.8 Å². The van der Waals surface area contributed by atoms with Gasteiger partial charge in [-0.05, 0) is 37.0 Å². The SMILES string of the molecule is COc1cc(Cn2ccc3c2CCCC3O)ccn1. The van der Waals surface area contributed by atoms with Crippen LogP contribution >= 0.6 is 0 Å². The lowest BCUT2D eigenvalue weighted by molar-refractivity contribution is 0.156. The number of nitrogens with zero attached hydrogens (tertiary/aromatic N) is 2. The molecule has 2 aromatic heterocycles. The molecule has 0 saturated carbocycles. The predicted molar refractivity (Wildman–Crippen MR) is 72.2 cm³/mol. The lowest BCUT2D eigenvalue weighted by Crippen LogP contribution is -2.12. The van der Waals surface area contributed by atoms with Gasteiger partial charge in [0, 0.05) is 36.3 Å². The summed E-state index contributed by atoms with van der Waals surface area (Å²) in [6.45, 7) is 0.793. The smallest absolute Gasteiger partial charge is 0.213 e. The van der Waals surface area contributed by atoms with Gasteiger partial charge in [-0.15, -0.1) is 0 Å². The molecule has 1 N–H and O–H groups in total. The highest BCUT2D eigenvalue weighted by molar-refractivity contribution is 5.29. The Kier molecular flexibility index (Phi) is 3.25. The first-order chi connectivity index (χ1) is 9.28. The summed E-state index contributed by atoms with van der Waals surface area (Å²) in [6.07, 6.45) is 6.50. The van der Waals surface area contributed by atoms with Gasteiger partial charge in [0.05, 0.1) is 13.2 Å². The van der Waals surface area contributed by atoms with Crippen LogP contribution in [0.4, 0.5) is 0 Å².